The first kappa shape index (κ1) is 11.9. The predicted octanol–water partition coefficient (Wildman–Crippen LogP) is 1.11. The van der Waals surface area contributed by atoms with Crippen LogP contribution in [0.2, 0.25) is 0 Å². The van der Waals surface area contributed by atoms with E-state index < -0.39 is 0 Å². The summed E-state index contributed by atoms with van der Waals surface area (Å²) in [7, 11) is 4.06. The summed E-state index contributed by atoms with van der Waals surface area (Å²) in [4.78, 5) is 13.9. The van der Waals surface area contributed by atoms with E-state index in [1.54, 1.807) is 0 Å². The molecule has 0 aliphatic carbocycles. The van der Waals surface area contributed by atoms with Gasteiger partial charge in [-0.15, -0.1) is 0 Å². The standard InChI is InChI=1S/C13H19N3O/c1-15(2)9-8-11-10-16(14-13(11)17)12-6-4-3-5-7-12/h3-7,11H,8-10H2,1-2H3,(H,14,17). The van der Waals surface area contributed by atoms with Crippen LogP contribution in [0, 0.1) is 5.92 Å². The van der Waals surface area contributed by atoms with Gasteiger partial charge in [-0.2, -0.15) is 0 Å². The van der Waals surface area contributed by atoms with Gasteiger partial charge in [0.15, 0.2) is 0 Å². The van der Waals surface area contributed by atoms with Crippen LogP contribution in [0.3, 0.4) is 0 Å². The maximum absolute atomic E-state index is 11.8. The van der Waals surface area contributed by atoms with Crippen molar-refractivity contribution in [2.45, 2.75) is 6.42 Å². The summed E-state index contributed by atoms with van der Waals surface area (Å²) < 4.78 is 0. The third kappa shape index (κ3) is 2.97. The summed E-state index contributed by atoms with van der Waals surface area (Å²) >= 11 is 0. The molecule has 1 aliphatic rings. The lowest BCUT2D eigenvalue weighted by molar-refractivity contribution is -0.122. The van der Waals surface area contributed by atoms with E-state index in [0.717, 1.165) is 25.2 Å². The molecule has 1 heterocycles. The highest BCUT2D eigenvalue weighted by Gasteiger charge is 2.30. The first-order valence-electron chi connectivity index (χ1n) is 5.94. The van der Waals surface area contributed by atoms with Crippen LogP contribution in [-0.4, -0.2) is 38.0 Å². The number of carbonyl (C=O) groups excluding carboxylic acids is 1. The van der Waals surface area contributed by atoms with E-state index in [2.05, 4.69) is 10.3 Å². The maximum atomic E-state index is 11.8. The molecule has 1 aromatic carbocycles. The number of benzene rings is 1. The molecule has 0 bridgehead atoms. The summed E-state index contributed by atoms with van der Waals surface area (Å²) in [5.41, 5.74) is 3.97. The largest absolute Gasteiger partial charge is 0.309 e. The van der Waals surface area contributed by atoms with Gasteiger partial charge in [-0.25, -0.2) is 0 Å². The van der Waals surface area contributed by atoms with Gasteiger partial charge >= 0.3 is 0 Å². The topological polar surface area (TPSA) is 35.6 Å². The Balaban J connectivity index is 1.95. The molecule has 2 rings (SSSR count). The molecular formula is C13H19N3O. The Hall–Kier alpha value is -1.55. The Bertz CT molecular complexity index is 378. The zero-order valence-corrected chi connectivity index (χ0v) is 10.4. The fraction of sp³-hybridized carbons (Fsp3) is 0.462. The monoisotopic (exact) mass is 233 g/mol. The fourth-order valence-corrected chi connectivity index (χ4v) is 1.99. The molecule has 0 spiro atoms. The van der Waals surface area contributed by atoms with E-state index >= 15 is 0 Å². The van der Waals surface area contributed by atoms with Crippen LogP contribution >= 0.6 is 0 Å². The molecule has 4 nitrogen and oxygen atoms in total. The van der Waals surface area contributed by atoms with Crippen molar-refractivity contribution in [3.8, 4) is 0 Å². The lowest BCUT2D eigenvalue weighted by Crippen LogP contribution is -2.32. The molecule has 92 valence electrons. The summed E-state index contributed by atoms with van der Waals surface area (Å²) in [6.45, 7) is 1.71. The molecule has 0 aromatic heterocycles. The molecule has 1 N–H and O–H groups in total. The number of hydrogen-bond acceptors (Lipinski definition) is 3. The average Bonchev–Trinajstić information content (AvgIpc) is 2.69. The van der Waals surface area contributed by atoms with E-state index in [1.165, 1.54) is 0 Å². The summed E-state index contributed by atoms with van der Waals surface area (Å²) in [6, 6.07) is 9.96. The van der Waals surface area contributed by atoms with Gasteiger partial charge in [-0.1, -0.05) is 18.2 Å². The molecule has 17 heavy (non-hydrogen) atoms. The van der Waals surface area contributed by atoms with E-state index in [9.17, 15) is 4.79 Å². The predicted molar refractivity (Wildman–Crippen MR) is 68.6 cm³/mol. The van der Waals surface area contributed by atoms with E-state index in [1.807, 2.05) is 49.4 Å². The number of hydrogen-bond donors (Lipinski definition) is 1. The van der Waals surface area contributed by atoms with Gasteiger partial charge in [-0.3, -0.25) is 15.2 Å². The molecule has 1 fully saturated rings. The minimum absolute atomic E-state index is 0.0950. The van der Waals surface area contributed by atoms with Crippen molar-refractivity contribution in [2.24, 2.45) is 5.92 Å². The normalized spacial score (nSPS) is 19.8. The number of nitrogens with zero attached hydrogens (tertiary/aromatic N) is 2. The Kier molecular flexibility index (Phi) is 3.64. The van der Waals surface area contributed by atoms with Gasteiger partial charge in [0.2, 0.25) is 5.91 Å². The van der Waals surface area contributed by atoms with E-state index in [4.69, 9.17) is 0 Å². The molecule has 1 unspecified atom stereocenters. The second-order valence-electron chi connectivity index (χ2n) is 4.71. The lowest BCUT2D eigenvalue weighted by Gasteiger charge is -2.17. The number of para-hydroxylation sites is 1. The Morgan fingerprint density at radius 3 is 2.71 bits per heavy atom. The molecule has 1 aromatic rings. The first-order chi connectivity index (χ1) is 8.16. The van der Waals surface area contributed by atoms with Crippen molar-refractivity contribution in [1.82, 2.24) is 10.3 Å². The molecule has 0 radical (unpaired) electrons. The summed E-state index contributed by atoms with van der Waals surface area (Å²) in [5, 5.41) is 1.93. The quantitative estimate of drug-likeness (QED) is 0.846. The van der Waals surface area contributed by atoms with E-state index in [0.29, 0.717) is 0 Å². The van der Waals surface area contributed by atoms with Gasteiger partial charge < -0.3 is 4.90 Å². The number of nitrogens with one attached hydrogen (secondary N) is 1. The summed E-state index contributed by atoms with van der Waals surface area (Å²) in [5.74, 6) is 0.230. The van der Waals surface area contributed by atoms with Crippen molar-refractivity contribution in [2.75, 3.05) is 32.2 Å². The molecule has 1 atom stereocenters. The Labute approximate surface area is 102 Å². The van der Waals surface area contributed by atoms with Gasteiger partial charge in [0.1, 0.15) is 0 Å². The molecular weight excluding hydrogens is 214 g/mol. The smallest absolute Gasteiger partial charge is 0.243 e. The number of hydrazine groups is 1. The highest BCUT2D eigenvalue weighted by molar-refractivity contribution is 5.84. The second kappa shape index (κ2) is 5.19. The van der Waals surface area contributed by atoms with Crippen LogP contribution < -0.4 is 10.4 Å². The molecule has 1 saturated heterocycles. The third-order valence-electron chi connectivity index (χ3n) is 3.01. The van der Waals surface area contributed by atoms with Crippen molar-refractivity contribution >= 4 is 11.6 Å². The highest BCUT2D eigenvalue weighted by Crippen LogP contribution is 2.19. The highest BCUT2D eigenvalue weighted by atomic mass is 16.2. The van der Waals surface area contributed by atoms with Crippen molar-refractivity contribution in [3.63, 3.8) is 0 Å². The van der Waals surface area contributed by atoms with Gasteiger partial charge in [0.05, 0.1) is 18.2 Å². The maximum Gasteiger partial charge on any atom is 0.243 e. The zero-order valence-electron chi connectivity index (χ0n) is 10.4. The third-order valence-corrected chi connectivity index (χ3v) is 3.01. The molecule has 1 amide bonds. The average molecular weight is 233 g/mol. The Morgan fingerprint density at radius 1 is 1.35 bits per heavy atom. The number of amides is 1. The summed E-state index contributed by atoms with van der Waals surface area (Å²) in [6.07, 6.45) is 0.905. The lowest BCUT2D eigenvalue weighted by atomic mass is 10.1. The minimum atomic E-state index is 0.0950. The van der Waals surface area contributed by atoms with Crippen LogP contribution in [0.25, 0.3) is 0 Å². The van der Waals surface area contributed by atoms with Crippen LogP contribution in [0.5, 0.6) is 0 Å². The van der Waals surface area contributed by atoms with Gasteiger partial charge in [-0.05, 0) is 39.2 Å². The van der Waals surface area contributed by atoms with Crippen molar-refractivity contribution < 1.29 is 4.79 Å². The van der Waals surface area contributed by atoms with Crippen LogP contribution in [0.1, 0.15) is 6.42 Å². The van der Waals surface area contributed by atoms with Crippen LogP contribution in [0.4, 0.5) is 5.69 Å². The number of rotatable bonds is 4. The number of carbonyl (C=O) groups is 1. The molecule has 0 saturated carbocycles. The molecule has 1 aliphatic heterocycles. The first-order valence-corrected chi connectivity index (χ1v) is 5.94. The van der Waals surface area contributed by atoms with Crippen LogP contribution in [-0.2, 0) is 4.79 Å². The van der Waals surface area contributed by atoms with E-state index in [-0.39, 0.29) is 11.8 Å². The van der Waals surface area contributed by atoms with Gasteiger partial charge in [0, 0.05) is 0 Å². The SMILES string of the molecule is CN(C)CCC1CN(c2ccccc2)NC1=O. The van der Waals surface area contributed by atoms with Crippen molar-refractivity contribution in [3.05, 3.63) is 30.3 Å². The Morgan fingerprint density at radius 2 is 2.06 bits per heavy atom. The zero-order chi connectivity index (χ0) is 12.3. The minimum Gasteiger partial charge on any atom is -0.309 e. The van der Waals surface area contributed by atoms with Gasteiger partial charge in [0.25, 0.3) is 0 Å². The van der Waals surface area contributed by atoms with Crippen LogP contribution in [0.15, 0.2) is 30.3 Å². The second-order valence-corrected chi connectivity index (χ2v) is 4.71. The molecule has 4 heteroatoms. The van der Waals surface area contributed by atoms with Crippen molar-refractivity contribution in [1.29, 1.82) is 0 Å². The fourth-order valence-electron chi connectivity index (χ4n) is 1.99. The number of anilines is 1.